The molecule has 2 atom stereocenters. The predicted octanol–water partition coefficient (Wildman–Crippen LogP) is 1.51. The average Bonchev–Trinajstić information content (AvgIpc) is 2.03. The SMILES string of the molecule is Cc1cc(F)ccc1[C@H](O)[C@@H](C)N. The molecule has 1 aromatic carbocycles. The van der Waals surface area contributed by atoms with Crippen LogP contribution in [0, 0.1) is 12.7 Å². The van der Waals surface area contributed by atoms with E-state index < -0.39 is 6.10 Å². The molecule has 0 aliphatic rings. The number of nitrogens with two attached hydrogens (primary N) is 1. The maximum Gasteiger partial charge on any atom is 0.123 e. The molecule has 0 aromatic heterocycles. The van der Waals surface area contributed by atoms with Gasteiger partial charge in [-0.1, -0.05) is 6.07 Å². The second-order valence-electron chi connectivity index (χ2n) is 3.30. The minimum absolute atomic E-state index is 0.293. The Kier molecular flexibility index (Phi) is 3.01. The van der Waals surface area contributed by atoms with E-state index in [0.29, 0.717) is 5.56 Å². The smallest absolute Gasteiger partial charge is 0.123 e. The van der Waals surface area contributed by atoms with Gasteiger partial charge in [-0.25, -0.2) is 4.39 Å². The summed E-state index contributed by atoms with van der Waals surface area (Å²) in [7, 11) is 0. The lowest BCUT2D eigenvalue weighted by Crippen LogP contribution is -2.24. The van der Waals surface area contributed by atoms with Gasteiger partial charge in [0, 0.05) is 6.04 Å². The van der Waals surface area contributed by atoms with Crippen molar-refractivity contribution in [3.05, 3.63) is 35.1 Å². The summed E-state index contributed by atoms with van der Waals surface area (Å²) in [4.78, 5) is 0. The van der Waals surface area contributed by atoms with E-state index in [0.717, 1.165) is 5.56 Å². The Morgan fingerprint density at radius 1 is 1.46 bits per heavy atom. The highest BCUT2D eigenvalue weighted by atomic mass is 19.1. The van der Waals surface area contributed by atoms with Gasteiger partial charge in [-0.05, 0) is 37.1 Å². The van der Waals surface area contributed by atoms with Gasteiger partial charge >= 0.3 is 0 Å². The molecule has 0 heterocycles. The summed E-state index contributed by atoms with van der Waals surface area (Å²) >= 11 is 0. The molecule has 0 unspecified atom stereocenters. The van der Waals surface area contributed by atoms with Crippen molar-refractivity contribution in [2.24, 2.45) is 5.73 Å². The van der Waals surface area contributed by atoms with E-state index in [2.05, 4.69) is 0 Å². The van der Waals surface area contributed by atoms with Crippen molar-refractivity contribution in [2.75, 3.05) is 0 Å². The molecule has 0 aliphatic carbocycles. The zero-order valence-electron chi connectivity index (χ0n) is 7.79. The van der Waals surface area contributed by atoms with E-state index in [4.69, 9.17) is 5.73 Å². The molecule has 0 saturated carbocycles. The number of benzene rings is 1. The van der Waals surface area contributed by atoms with Gasteiger partial charge in [0.1, 0.15) is 5.82 Å². The molecule has 3 N–H and O–H groups in total. The molecular formula is C10H14FNO. The van der Waals surface area contributed by atoms with E-state index in [-0.39, 0.29) is 11.9 Å². The van der Waals surface area contributed by atoms with Crippen molar-refractivity contribution < 1.29 is 9.50 Å². The topological polar surface area (TPSA) is 46.2 Å². The minimum Gasteiger partial charge on any atom is -0.387 e. The first-order chi connectivity index (χ1) is 6.02. The Labute approximate surface area is 77.2 Å². The fourth-order valence-electron chi connectivity index (χ4n) is 1.25. The molecule has 1 aromatic rings. The van der Waals surface area contributed by atoms with Gasteiger partial charge < -0.3 is 10.8 Å². The molecule has 0 amide bonds. The first kappa shape index (κ1) is 10.2. The Morgan fingerprint density at radius 2 is 2.08 bits per heavy atom. The molecule has 0 saturated heterocycles. The molecule has 0 aliphatic heterocycles. The normalized spacial score (nSPS) is 15.5. The van der Waals surface area contributed by atoms with Crippen LogP contribution in [0.2, 0.25) is 0 Å². The predicted molar refractivity (Wildman–Crippen MR) is 49.7 cm³/mol. The minimum atomic E-state index is -0.722. The lowest BCUT2D eigenvalue weighted by Gasteiger charge is -2.16. The van der Waals surface area contributed by atoms with Gasteiger partial charge in [0.05, 0.1) is 6.10 Å². The van der Waals surface area contributed by atoms with Crippen LogP contribution < -0.4 is 5.73 Å². The summed E-state index contributed by atoms with van der Waals surface area (Å²) in [5.41, 5.74) is 6.95. The first-order valence-corrected chi connectivity index (χ1v) is 4.22. The average molecular weight is 183 g/mol. The summed E-state index contributed by atoms with van der Waals surface area (Å²) in [6.07, 6.45) is -0.722. The molecule has 0 bridgehead atoms. The number of aliphatic hydroxyl groups excluding tert-OH is 1. The zero-order chi connectivity index (χ0) is 10.0. The van der Waals surface area contributed by atoms with Crippen LogP contribution in [0.3, 0.4) is 0 Å². The summed E-state index contributed by atoms with van der Waals surface area (Å²) < 4.78 is 12.7. The van der Waals surface area contributed by atoms with Crippen LogP contribution in [0.5, 0.6) is 0 Å². The molecule has 0 spiro atoms. The van der Waals surface area contributed by atoms with Gasteiger partial charge in [0.25, 0.3) is 0 Å². The third kappa shape index (κ3) is 2.26. The van der Waals surface area contributed by atoms with Crippen molar-refractivity contribution in [3.63, 3.8) is 0 Å². The van der Waals surface area contributed by atoms with Crippen LogP contribution in [0.1, 0.15) is 24.2 Å². The second kappa shape index (κ2) is 3.85. The lowest BCUT2D eigenvalue weighted by molar-refractivity contribution is 0.152. The van der Waals surface area contributed by atoms with E-state index in [1.807, 2.05) is 0 Å². The Morgan fingerprint density at radius 3 is 2.54 bits per heavy atom. The highest BCUT2D eigenvalue weighted by Gasteiger charge is 2.14. The number of hydrogen-bond donors (Lipinski definition) is 2. The van der Waals surface area contributed by atoms with Crippen LogP contribution in [0.25, 0.3) is 0 Å². The van der Waals surface area contributed by atoms with Crippen LogP contribution in [0.4, 0.5) is 4.39 Å². The molecule has 3 heteroatoms. The third-order valence-electron chi connectivity index (χ3n) is 2.05. The van der Waals surface area contributed by atoms with Gasteiger partial charge in [-0.3, -0.25) is 0 Å². The van der Waals surface area contributed by atoms with Crippen LogP contribution in [-0.2, 0) is 0 Å². The van der Waals surface area contributed by atoms with Crippen molar-refractivity contribution in [3.8, 4) is 0 Å². The quantitative estimate of drug-likeness (QED) is 0.730. The number of hydrogen-bond acceptors (Lipinski definition) is 2. The number of aryl methyl sites for hydroxylation is 1. The Balaban J connectivity index is 3.01. The fourth-order valence-corrected chi connectivity index (χ4v) is 1.25. The molecule has 0 radical (unpaired) electrons. The maximum atomic E-state index is 12.7. The van der Waals surface area contributed by atoms with Gasteiger partial charge in [-0.2, -0.15) is 0 Å². The van der Waals surface area contributed by atoms with E-state index in [9.17, 15) is 9.50 Å². The van der Waals surface area contributed by atoms with E-state index in [1.54, 1.807) is 19.9 Å². The lowest BCUT2D eigenvalue weighted by atomic mass is 9.99. The number of aliphatic hydroxyl groups is 1. The van der Waals surface area contributed by atoms with Gasteiger partial charge in [0.15, 0.2) is 0 Å². The van der Waals surface area contributed by atoms with Crippen LogP contribution in [-0.4, -0.2) is 11.1 Å². The molecule has 0 fully saturated rings. The number of halogens is 1. The van der Waals surface area contributed by atoms with Gasteiger partial charge in [-0.15, -0.1) is 0 Å². The highest BCUT2D eigenvalue weighted by Crippen LogP contribution is 2.20. The van der Waals surface area contributed by atoms with Crippen molar-refractivity contribution >= 4 is 0 Å². The summed E-state index contributed by atoms with van der Waals surface area (Å²) in [5.74, 6) is -0.293. The fraction of sp³-hybridized carbons (Fsp3) is 0.400. The summed E-state index contributed by atoms with van der Waals surface area (Å²) in [5, 5.41) is 9.62. The Hall–Kier alpha value is -0.930. The van der Waals surface area contributed by atoms with E-state index >= 15 is 0 Å². The zero-order valence-corrected chi connectivity index (χ0v) is 7.79. The number of rotatable bonds is 2. The highest BCUT2D eigenvalue weighted by molar-refractivity contribution is 5.29. The van der Waals surface area contributed by atoms with Crippen molar-refractivity contribution in [1.29, 1.82) is 0 Å². The van der Waals surface area contributed by atoms with Gasteiger partial charge in [0.2, 0.25) is 0 Å². The molecule has 72 valence electrons. The van der Waals surface area contributed by atoms with Crippen molar-refractivity contribution in [1.82, 2.24) is 0 Å². The third-order valence-corrected chi connectivity index (χ3v) is 2.05. The van der Waals surface area contributed by atoms with Crippen molar-refractivity contribution in [2.45, 2.75) is 26.0 Å². The maximum absolute atomic E-state index is 12.7. The largest absolute Gasteiger partial charge is 0.387 e. The summed E-state index contributed by atoms with van der Waals surface area (Å²) in [6, 6.07) is 3.94. The Bertz CT molecular complexity index is 299. The molecule has 1 rings (SSSR count). The van der Waals surface area contributed by atoms with Crippen LogP contribution in [0.15, 0.2) is 18.2 Å². The standard InChI is InChI=1S/C10H14FNO/c1-6-5-8(11)3-4-9(6)10(13)7(2)12/h3-5,7,10,13H,12H2,1-2H3/t7-,10-/m1/s1. The molecular weight excluding hydrogens is 169 g/mol. The molecule has 13 heavy (non-hydrogen) atoms. The van der Waals surface area contributed by atoms with E-state index in [1.165, 1.54) is 12.1 Å². The second-order valence-corrected chi connectivity index (χ2v) is 3.30. The monoisotopic (exact) mass is 183 g/mol. The van der Waals surface area contributed by atoms with Crippen LogP contribution >= 0.6 is 0 Å². The first-order valence-electron chi connectivity index (χ1n) is 4.22. The molecule has 2 nitrogen and oxygen atoms in total. The summed E-state index contributed by atoms with van der Waals surface area (Å²) in [6.45, 7) is 3.47.